The van der Waals surface area contributed by atoms with Crippen LogP contribution in [0.5, 0.6) is 0 Å². The Balaban J connectivity index is 2.46. The van der Waals surface area contributed by atoms with Gasteiger partial charge in [0.05, 0.1) is 6.07 Å². The van der Waals surface area contributed by atoms with Gasteiger partial charge in [-0.1, -0.05) is 0 Å². The van der Waals surface area contributed by atoms with E-state index in [9.17, 15) is 4.79 Å². The van der Waals surface area contributed by atoms with Gasteiger partial charge in [0.1, 0.15) is 5.41 Å². The Morgan fingerprint density at radius 3 is 2.71 bits per heavy atom. The Morgan fingerprint density at radius 1 is 1.64 bits per heavy atom. The van der Waals surface area contributed by atoms with Crippen molar-refractivity contribution in [1.29, 1.82) is 5.26 Å². The summed E-state index contributed by atoms with van der Waals surface area (Å²) in [4.78, 5) is 13.8. The molecule has 4 nitrogen and oxygen atoms in total. The highest BCUT2D eigenvalue weighted by Gasteiger charge is 2.30. The number of hydrogen-bond donors (Lipinski definition) is 1. The minimum atomic E-state index is -0.916. The molecule has 0 bridgehead atoms. The molecular weight excluding hydrogens is 178 g/mol. The second-order valence-electron chi connectivity index (χ2n) is 4.46. The molecule has 0 aromatic rings. The molecule has 0 aliphatic carbocycles. The Bertz CT molecular complexity index is 267. The number of nitrogens with one attached hydrogen (secondary N) is 1. The molecule has 0 saturated carbocycles. The zero-order valence-corrected chi connectivity index (χ0v) is 9.00. The average Bonchev–Trinajstić information content (AvgIpc) is 2.51. The van der Waals surface area contributed by atoms with Crippen molar-refractivity contribution in [2.24, 2.45) is 5.41 Å². The van der Waals surface area contributed by atoms with E-state index in [1.807, 2.05) is 13.1 Å². The summed E-state index contributed by atoms with van der Waals surface area (Å²) in [6.45, 7) is 5.17. The van der Waals surface area contributed by atoms with Gasteiger partial charge < -0.3 is 10.2 Å². The molecule has 4 heteroatoms. The van der Waals surface area contributed by atoms with Crippen molar-refractivity contribution in [2.45, 2.75) is 26.3 Å². The van der Waals surface area contributed by atoms with Gasteiger partial charge in [-0.05, 0) is 33.9 Å². The van der Waals surface area contributed by atoms with E-state index < -0.39 is 5.41 Å². The molecule has 78 valence electrons. The quantitative estimate of drug-likeness (QED) is 0.692. The maximum absolute atomic E-state index is 11.6. The van der Waals surface area contributed by atoms with Gasteiger partial charge in [0, 0.05) is 12.6 Å². The zero-order chi connectivity index (χ0) is 10.8. The van der Waals surface area contributed by atoms with Crippen LogP contribution in [0.3, 0.4) is 0 Å². The first kappa shape index (κ1) is 11.0. The molecule has 1 fully saturated rings. The van der Waals surface area contributed by atoms with Crippen LogP contribution in [0.2, 0.25) is 0 Å². The third-order valence-electron chi connectivity index (χ3n) is 2.57. The van der Waals surface area contributed by atoms with Crippen molar-refractivity contribution in [2.75, 3.05) is 20.1 Å². The lowest BCUT2D eigenvalue weighted by Crippen LogP contribution is -2.43. The molecule has 1 amide bonds. The maximum atomic E-state index is 11.6. The number of carbonyl (C=O) groups is 1. The molecule has 1 N–H and O–H groups in total. The molecule has 1 aliphatic rings. The standard InChI is InChI=1S/C10H17N3O/c1-10(2,7-11)9(14)12-8-4-5-13(3)6-8/h8H,4-6H2,1-3H3,(H,12,14). The van der Waals surface area contributed by atoms with Gasteiger partial charge in [-0.2, -0.15) is 5.26 Å². The topological polar surface area (TPSA) is 56.1 Å². The fourth-order valence-corrected chi connectivity index (χ4v) is 1.47. The lowest BCUT2D eigenvalue weighted by atomic mass is 9.94. The van der Waals surface area contributed by atoms with Gasteiger partial charge in [0.15, 0.2) is 0 Å². The summed E-state index contributed by atoms with van der Waals surface area (Å²) in [6.07, 6.45) is 0.976. The summed E-state index contributed by atoms with van der Waals surface area (Å²) in [5.41, 5.74) is -0.916. The molecule has 0 radical (unpaired) electrons. The number of likely N-dealkylation sites (tertiary alicyclic amines) is 1. The van der Waals surface area contributed by atoms with Crippen LogP contribution < -0.4 is 5.32 Å². The number of rotatable bonds is 2. The van der Waals surface area contributed by atoms with Crippen molar-refractivity contribution in [3.05, 3.63) is 0 Å². The Hall–Kier alpha value is -1.08. The molecule has 1 heterocycles. The average molecular weight is 195 g/mol. The molecule has 1 atom stereocenters. The third-order valence-corrected chi connectivity index (χ3v) is 2.57. The smallest absolute Gasteiger partial charge is 0.240 e. The highest BCUT2D eigenvalue weighted by molar-refractivity contribution is 5.84. The van der Waals surface area contributed by atoms with Gasteiger partial charge in [-0.15, -0.1) is 0 Å². The van der Waals surface area contributed by atoms with E-state index in [4.69, 9.17) is 5.26 Å². The van der Waals surface area contributed by atoms with Crippen LogP contribution in [0.25, 0.3) is 0 Å². The fraction of sp³-hybridized carbons (Fsp3) is 0.800. The number of nitriles is 1. The van der Waals surface area contributed by atoms with Gasteiger partial charge in [-0.25, -0.2) is 0 Å². The lowest BCUT2D eigenvalue weighted by molar-refractivity contribution is -0.127. The number of hydrogen-bond acceptors (Lipinski definition) is 3. The molecule has 0 spiro atoms. The predicted molar refractivity (Wildman–Crippen MR) is 53.4 cm³/mol. The van der Waals surface area contributed by atoms with Gasteiger partial charge >= 0.3 is 0 Å². The van der Waals surface area contributed by atoms with Gasteiger partial charge in [0.25, 0.3) is 0 Å². The van der Waals surface area contributed by atoms with Crippen LogP contribution in [-0.4, -0.2) is 37.0 Å². The van der Waals surface area contributed by atoms with Gasteiger partial charge in [-0.3, -0.25) is 4.79 Å². The van der Waals surface area contributed by atoms with E-state index in [2.05, 4.69) is 10.2 Å². The van der Waals surface area contributed by atoms with E-state index in [-0.39, 0.29) is 11.9 Å². The van der Waals surface area contributed by atoms with E-state index in [1.54, 1.807) is 13.8 Å². The van der Waals surface area contributed by atoms with Crippen molar-refractivity contribution in [3.63, 3.8) is 0 Å². The first-order valence-electron chi connectivity index (χ1n) is 4.86. The van der Waals surface area contributed by atoms with Crippen LogP contribution in [0, 0.1) is 16.7 Å². The van der Waals surface area contributed by atoms with Crippen LogP contribution in [0.15, 0.2) is 0 Å². The number of likely N-dealkylation sites (N-methyl/N-ethyl adjacent to an activating group) is 1. The SMILES string of the molecule is CN1CCC(NC(=O)C(C)(C)C#N)C1. The molecule has 0 aromatic carbocycles. The molecule has 0 aromatic heterocycles. The van der Waals surface area contributed by atoms with Crippen LogP contribution in [-0.2, 0) is 4.79 Å². The number of carbonyl (C=O) groups excluding carboxylic acids is 1. The number of amides is 1. The predicted octanol–water partition coefficient (Wildman–Crippen LogP) is 0.356. The van der Waals surface area contributed by atoms with Gasteiger partial charge in [0.2, 0.25) is 5.91 Å². The maximum Gasteiger partial charge on any atom is 0.240 e. The molecule has 1 rings (SSSR count). The first-order valence-corrected chi connectivity index (χ1v) is 4.86. The zero-order valence-electron chi connectivity index (χ0n) is 9.00. The van der Waals surface area contributed by atoms with Crippen LogP contribution in [0.1, 0.15) is 20.3 Å². The van der Waals surface area contributed by atoms with Crippen molar-refractivity contribution < 1.29 is 4.79 Å². The summed E-state index contributed by atoms with van der Waals surface area (Å²) in [7, 11) is 2.03. The lowest BCUT2D eigenvalue weighted by Gasteiger charge is -2.19. The second-order valence-corrected chi connectivity index (χ2v) is 4.46. The summed E-state index contributed by atoms with van der Waals surface area (Å²) < 4.78 is 0. The Labute approximate surface area is 84.9 Å². The monoisotopic (exact) mass is 195 g/mol. The molecule has 1 aliphatic heterocycles. The molecule has 1 saturated heterocycles. The number of nitrogens with zero attached hydrogens (tertiary/aromatic N) is 2. The van der Waals surface area contributed by atoms with E-state index in [0.717, 1.165) is 19.5 Å². The van der Waals surface area contributed by atoms with Crippen LogP contribution in [0.4, 0.5) is 0 Å². The first-order chi connectivity index (χ1) is 6.45. The van der Waals surface area contributed by atoms with E-state index in [0.29, 0.717) is 0 Å². The van der Waals surface area contributed by atoms with E-state index in [1.165, 1.54) is 0 Å². The minimum Gasteiger partial charge on any atom is -0.351 e. The van der Waals surface area contributed by atoms with Crippen molar-refractivity contribution in [1.82, 2.24) is 10.2 Å². The summed E-state index contributed by atoms with van der Waals surface area (Å²) >= 11 is 0. The van der Waals surface area contributed by atoms with Crippen molar-refractivity contribution >= 4 is 5.91 Å². The fourth-order valence-electron chi connectivity index (χ4n) is 1.47. The minimum absolute atomic E-state index is 0.166. The van der Waals surface area contributed by atoms with Crippen molar-refractivity contribution in [3.8, 4) is 6.07 Å². The summed E-state index contributed by atoms with van der Waals surface area (Å²) in [6, 6.07) is 2.21. The summed E-state index contributed by atoms with van der Waals surface area (Å²) in [5.74, 6) is -0.166. The Kier molecular flexibility index (Phi) is 3.12. The molecule has 1 unspecified atom stereocenters. The molecular formula is C10H17N3O. The summed E-state index contributed by atoms with van der Waals surface area (Å²) in [5, 5.41) is 11.7. The second kappa shape index (κ2) is 3.97. The Morgan fingerprint density at radius 2 is 2.29 bits per heavy atom. The highest BCUT2D eigenvalue weighted by atomic mass is 16.2. The highest BCUT2D eigenvalue weighted by Crippen LogP contribution is 2.15. The normalized spacial score (nSPS) is 23.1. The third kappa shape index (κ3) is 2.46. The van der Waals surface area contributed by atoms with Crippen LogP contribution >= 0.6 is 0 Å². The van der Waals surface area contributed by atoms with E-state index >= 15 is 0 Å². The largest absolute Gasteiger partial charge is 0.351 e. The molecule has 14 heavy (non-hydrogen) atoms.